The van der Waals surface area contributed by atoms with E-state index in [1.54, 1.807) is 20.8 Å². The Bertz CT molecular complexity index is 795. The van der Waals surface area contributed by atoms with Gasteiger partial charge in [-0.25, -0.2) is 0 Å². The second-order valence-corrected chi connectivity index (χ2v) is 8.57. The lowest BCUT2D eigenvalue weighted by molar-refractivity contribution is -0.117. The molecule has 1 amide bonds. The summed E-state index contributed by atoms with van der Waals surface area (Å²) in [5.74, 6) is -0.219. The molecule has 0 unspecified atom stereocenters. The lowest BCUT2D eigenvalue weighted by atomic mass is 9.96. The Labute approximate surface area is 167 Å². The Morgan fingerprint density at radius 2 is 1.93 bits per heavy atom. The van der Waals surface area contributed by atoms with Crippen molar-refractivity contribution in [2.75, 3.05) is 0 Å². The molecule has 0 aliphatic rings. The van der Waals surface area contributed by atoms with Gasteiger partial charge in [-0.2, -0.15) is 0 Å². The molecule has 4 nitrogen and oxygen atoms in total. The molecule has 0 aliphatic heterocycles. The largest absolute Gasteiger partial charge is 0.386 e. The molecular formula is C22H30N2O2S. The molecule has 0 saturated carbocycles. The van der Waals surface area contributed by atoms with Gasteiger partial charge in [0.1, 0.15) is 0 Å². The number of allylic oxidation sites excluding steroid dienone is 3. The third kappa shape index (κ3) is 6.85. The van der Waals surface area contributed by atoms with Gasteiger partial charge in [0.05, 0.1) is 5.60 Å². The SMILES string of the molecule is C=C(C)SC(=C(C)C)/C(C=N)=C(\C)C(=O)NCc1cccc(C(C)(C)O)c1. The van der Waals surface area contributed by atoms with Crippen molar-refractivity contribution in [3.05, 3.63) is 68.5 Å². The summed E-state index contributed by atoms with van der Waals surface area (Å²) in [6.07, 6.45) is 1.22. The van der Waals surface area contributed by atoms with Crippen LogP contribution in [0.15, 0.2) is 57.4 Å². The predicted octanol–water partition coefficient (Wildman–Crippen LogP) is 5.06. The van der Waals surface area contributed by atoms with Gasteiger partial charge in [0.25, 0.3) is 0 Å². The summed E-state index contributed by atoms with van der Waals surface area (Å²) >= 11 is 1.47. The van der Waals surface area contributed by atoms with Gasteiger partial charge in [-0.3, -0.25) is 4.79 Å². The molecule has 0 bridgehead atoms. The summed E-state index contributed by atoms with van der Waals surface area (Å²) in [6.45, 7) is 15.3. The van der Waals surface area contributed by atoms with Crippen molar-refractivity contribution in [1.29, 1.82) is 5.41 Å². The lowest BCUT2D eigenvalue weighted by Gasteiger charge is -2.19. The maximum Gasteiger partial charge on any atom is 0.247 e. The summed E-state index contributed by atoms with van der Waals surface area (Å²) < 4.78 is 0. The van der Waals surface area contributed by atoms with E-state index in [9.17, 15) is 9.90 Å². The maximum absolute atomic E-state index is 12.6. The zero-order valence-electron chi connectivity index (χ0n) is 17.1. The minimum atomic E-state index is -0.929. The fourth-order valence-corrected chi connectivity index (χ4v) is 3.32. The van der Waals surface area contributed by atoms with Gasteiger partial charge >= 0.3 is 0 Å². The van der Waals surface area contributed by atoms with Crippen LogP contribution in [-0.2, 0) is 16.9 Å². The van der Waals surface area contributed by atoms with Crippen molar-refractivity contribution in [3.63, 3.8) is 0 Å². The standard InChI is InChI=1S/C22H30N2O2S/c1-14(2)20(27-15(3)4)19(12-23)16(5)21(25)24-13-17-9-8-10-18(11-17)22(6,7)26/h8-12,23,26H,3,13H2,1-2,4-7H3,(H,24,25)/b19-16+,23-12?. The number of hydrogen-bond donors (Lipinski definition) is 3. The summed E-state index contributed by atoms with van der Waals surface area (Å²) in [6, 6.07) is 7.52. The van der Waals surface area contributed by atoms with Gasteiger partial charge in [-0.15, -0.1) is 0 Å². The third-order valence-electron chi connectivity index (χ3n) is 3.95. The summed E-state index contributed by atoms with van der Waals surface area (Å²) in [4.78, 5) is 14.4. The van der Waals surface area contributed by atoms with E-state index in [1.165, 1.54) is 18.0 Å². The predicted molar refractivity (Wildman–Crippen MR) is 116 cm³/mol. The molecule has 5 heteroatoms. The van der Waals surface area contributed by atoms with Gasteiger partial charge in [0.2, 0.25) is 5.91 Å². The smallest absolute Gasteiger partial charge is 0.247 e. The third-order valence-corrected chi connectivity index (χ3v) is 5.13. The molecule has 0 aliphatic carbocycles. The Kier molecular flexibility index (Phi) is 8.25. The Balaban J connectivity index is 3.04. The van der Waals surface area contributed by atoms with Crippen LogP contribution in [0.25, 0.3) is 0 Å². The molecule has 27 heavy (non-hydrogen) atoms. The molecule has 0 aromatic heterocycles. The van der Waals surface area contributed by atoms with Gasteiger partial charge < -0.3 is 15.8 Å². The molecule has 0 fully saturated rings. The number of carbonyl (C=O) groups is 1. The number of rotatable bonds is 8. The van der Waals surface area contributed by atoms with Crippen molar-refractivity contribution >= 4 is 23.9 Å². The van der Waals surface area contributed by atoms with Gasteiger partial charge in [-0.1, -0.05) is 48.2 Å². The van der Waals surface area contributed by atoms with Crippen LogP contribution in [0.4, 0.5) is 0 Å². The van der Waals surface area contributed by atoms with Crippen LogP contribution < -0.4 is 5.32 Å². The monoisotopic (exact) mass is 386 g/mol. The number of aliphatic hydroxyl groups is 1. The van der Waals surface area contributed by atoms with Crippen LogP contribution in [0.5, 0.6) is 0 Å². The van der Waals surface area contributed by atoms with Crippen LogP contribution in [0, 0.1) is 5.41 Å². The highest BCUT2D eigenvalue weighted by Crippen LogP contribution is 2.33. The molecule has 1 rings (SSSR count). The molecule has 1 aromatic carbocycles. The number of hydrogen-bond acceptors (Lipinski definition) is 4. The van der Waals surface area contributed by atoms with Crippen molar-refractivity contribution in [1.82, 2.24) is 5.32 Å². The van der Waals surface area contributed by atoms with E-state index >= 15 is 0 Å². The highest BCUT2D eigenvalue weighted by Gasteiger charge is 2.17. The molecule has 1 aromatic rings. The quantitative estimate of drug-likeness (QED) is 0.332. The molecule has 146 valence electrons. The Morgan fingerprint density at radius 1 is 1.30 bits per heavy atom. The van der Waals surface area contributed by atoms with Crippen LogP contribution in [0.3, 0.4) is 0 Å². The van der Waals surface area contributed by atoms with E-state index < -0.39 is 5.60 Å². The summed E-state index contributed by atoms with van der Waals surface area (Å²) in [5.41, 5.74) is 2.91. The highest BCUT2D eigenvalue weighted by molar-refractivity contribution is 8.07. The van der Waals surface area contributed by atoms with Gasteiger partial charge in [0.15, 0.2) is 0 Å². The average Bonchev–Trinajstić information content (AvgIpc) is 2.58. The van der Waals surface area contributed by atoms with Crippen molar-refractivity contribution in [2.24, 2.45) is 0 Å². The first-order valence-corrected chi connectivity index (χ1v) is 9.61. The molecule has 3 N–H and O–H groups in total. The number of thioether (sulfide) groups is 1. The first-order valence-electron chi connectivity index (χ1n) is 8.80. The molecule has 0 saturated heterocycles. The Hall–Kier alpha value is -2.11. The first kappa shape index (κ1) is 22.9. The second kappa shape index (κ2) is 9.72. The zero-order valence-corrected chi connectivity index (χ0v) is 17.9. The summed E-state index contributed by atoms with van der Waals surface area (Å²) in [7, 11) is 0. The molecule has 0 heterocycles. The Morgan fingerprint density at radius 3 is 2.41 bits per heavy atom. The average molecular weight is 387 g/mol. The van der Waals surface area contributed by atoms with Crippen molar-refractivity contribution in [2.45, 2.75) is 53.7 Å². The molecule has 0 spiro atoms. The van der Waals surface area contributed by atoms with E-state index in [0.29, 0.717) is 17.7 Å². The van der Waals surface area contributed by atoms with Gasteiger partial charge in [-0.05, 0) is 57.6 Å². The number of nitrogens with one attached hydrogen (secondary N) is 2. The summed E-state index contributed by atoms with van der Waals surface area (Å²) in [5, 5.41) is 20.8. The van der Waals surface area contributed by atoms with Crippen LogP contribution >= 0.6 is 11.8 Å². The van der Waals surface area contributed by atoms with Gasteiger partial charge in [0, 0.05) is 28.8 Å². The number of benzene rings is 1. The second-order valence-electron chi connectivity index (χ2n) is 7.26. The lowest BCUT2D eigenvalue weighted by Crippen LogP contribution is -2.25. The minimum absolute atomic E-state index is 0.219. The highest BCUT2D eigenvalue weighted by atomic mass is 32.2. The normalized spacial score (nSPS) is 12.1. The van der Waals surface area contributed by atoms with E-state index in [1.807, 2.05) is 45.0 Å². The molecule has 0 atom stereocenters. The fourth-order valence-electron chi connectivity index (χ4n) is 2.44. The number of carbonyl (C=O) groups excluding carboxylic acids is 1. The zero-order chi connectivity index (χ0) is 20.8. The fraction of sp³-hybridized carbons (Fsp3) is 0.364. The minimum Gasteiger partial charge on any atom is -0.386 e. The molecule has 0 radical (unpaired) electrons. The van der Waals surface area contributed by atoms with E-state index in [2.05, 4.69) is 11.9 Å². The molecular weight excluding hydrogens is 356 g/mol. The number of amides is 1. The van der Waals surface area contributed by atoms with Crippen LogP contribution in [-0.4, -0.2) is 17.2 Å². The van der Waals surface area contributed by atoms with Crippen molar-refractivity contribution < 1.29 is 9.90 Å². The van der Waals surface area contributed by atoms with E-state index in [-0.39, 0.29) is 5.91 Å². The van der Waals surface area contributed by atoms with E-state index in [0.717, 1.165) is 26.5 Å². The van der Waals surface area contributed by atoms with Crippen molar-refractivity contribution in [3.8, 4) is 0 Å². The topological polar surface area (TPSA) is 73.2 Å². The van der Waals surface area contributed by atoms with E-state index in [4.69, 9.17) is 5.41 Å². The van der Waals surface area contributed by atoms with Crippen LogP contribution in [0.1, 0.15) is 52.7 Å². The maximum atomic E-state index is 12.6. The van der Waals surface area contributed by atoms with Crippen LogP contribution in [0.2, 0.25) is 0 Å². The first-order chi connectivity index (χ1) is 12.5.